The van der Waals surface area contributed by atoms with Crippen molar-refractivity contribution in [3.8, 4) is 0 Å². The summed E-state index contributed by atoms with van der Waals surface area (Å²) in [6.45, 7) is 19.6. The van der Waals surface area contributed by atoms with Crippen LogP contribution in [0.3, 0.4) is 0 Å². The molecule has 1 unspecified atom stereocenters. The third-order valence-corrected chi connectivity index (χ3v) is 6.10. The molecule has 0 saturated heterocycles. The van der Waals surface area contributed by atoms with E-state index in [4.69, 9.17) is 16.2 Å². The number of carbonyl (C=O) groups is 2. The quantitative estimate of drug-likeness (QED) is 0.347. The van der Waals surface area contributed by atoms with E-state index in [2.05, 4.69) is 23.8 Å². The molecule has 8 nitrogen and oxygen atoms in total. The first-order valence-electron chi connectivity index (χ1n) is 13.3. The van der Waals surface area contributed by atoms with E-state index >= 15 is 0 Å². The topological polar surface area (TPSA) is 141 Å². The minimum atomic E-state index is -0.783. The van der Waals surface area contributed by atoms with Crippen molar-refractivity contribution in [1.29, 1.82) is 0 Å². The van der Waals surface area contributed by atoms with Crippen LogP contribution in [0.25, 0.3) is 0 Å². The number of hydrogen-bond donors (Lipinski definition) is 3. The summed E-state index contributed by atoms with van der Waals surface area (Å²) in [5, 5.41) is 9.38. The van der Waals surface area contributed by atoms with Gasteiger partial charge in [0, 0.05) is 18.8 Å². The van der Waals surface area contributed by atoms with Crippen molar-refractivity contribution in [2.75, 3.05) is 11.5 Å². The van der Waals surface area contributed by atoms with E-state index < -0.39 is 17.5 Å². The van der Waals surface area contributed by atoms with Crippen LogP contribution in [0.15, 0.2) is 24.5 Å². The first-order chi connectivity index (χ1) is 17.3. The van der Waals surface area contributed by atoms with Gasteiger partial charge in [0.05, 0.1) is 28.7 Å². The number of esters is 1. The molecule has 212 valence electrons. The number of rotatable bonds is 8. The highest BCUT2D eigenvalue weighted by molar-refractivity contribution is 5.72. The van der Waals surface area contributed by atoms with Crippen LogP contribution >= 0.6 is 0 Å². The maximum atomic E-state index is 11.7. The summed E-state index contributed by atoms with van der Waals surface area (Å²) < 4.78 is 5.28. The summed E-state index contributed by atoms with van der Waals surface area (Å²) in [7, 11) is 0. The number of nitrogen functional groups attached to an aromatic ring is 2. The number of nitrogens with two attached hydrogens (primary N) is 2. The van der Waals surface area contributed by atoms with E-state index in [1.54, 1.807) is 12.4 Å². The third-order valence-electron chi connectivity index (χ3n) is 6.10. The molecule has 2 aromatic rings. The van der Waals surface area contributed by atoms with E-state index in [-0.39, 0.29) is 23.2 Å². The van der Waals surface area contributed by atoms with E-state index in [1.165, 1.54) is 0 Å². The summed E-state index contributed by atoms with van der Waals surface area (Å²) in [6.07, 6.45) is 4.82. The Morgan fingerprint density at radius 2 is 1.32 bits per heavy atom. The van der Waals surface area contributed by atoms with Crippen LogP contribution < -0.4 is 11.5 Å². The minimum Gasteiger partial charge on any atom is -0.481 e. The van der Waals surface area contributed by atoms with E-state index in [0.717, 1.165) is 22.5 Å². The third kappa shape index (κ3) is 10.3. The van der Waals surface area contributed by atoms with Crippen molar-refractivity contribution in [3.63, 3.8) is 0 Å². The van der Waals surface area contributed by atoms with E-state index in [0.29, 0.717) is 30.6 Å². The number of carboxylic acid groups (broad SMARTS) is 1. The van der Waals surface area contributed by atoms with Crippen LogP contribution in [-0.4, -0.2) is 32.6 Å². The van der Waals surface area contributed by atoms with Crippen LogP contribution in [0.5, 0.6) is 0 Å². The fourth-order valence-electron chi connectivity index (χ4n) is 3.99. The Morgan fingerprint density at radius 3 is 1.71 bits per heavy atom. The Morgan fingerprint density at radius 1 is 0.868 bits per heavy atom. The molecule has 8 heteroatoms. The van der Waals surface area contributed by atoms with Crippen molar-refractivity contribution < 1.29 is 19.4 Å². The second kappa shape index (κ2) is 13.6. The predicted molar refractivity (Wildman–Crippen MR) is 154 cm³/mol. The summed E-state index contributed by atoms with van der Waals surface area (Å²) in [4.78, 5) is 31.7. The molecule has 0 bridgehead atoms. The molecule has 0 amide bonds. The minimum absolute atomic E-state index is 0.199. The summed E-state index contributed by atoms with van der Waals surface area (Å²) in [6, 6.07) is 3.69. The van der Waals surface area contributed by atoms with Crippen LogP contribution in [0, 0.1) is 11.3 Å². The van der Waals surface area contributed by atoms with Gasteiger partial charge in [0.15, 0.2) is 0 Å². The zero-order chi connectivity index (χ0) is 29.4. The summed E-state index contributed by atoms with van der Waals surface area (Å²) >= 11 is 0. The first kappa shape index (κ1) is 32.9. The summed E-state index contributed by atoms with van der Waals surface area (Å²) in [5.74, 6) is -0.929. The highest BCUT2D eigenvalue weighted by Crippen LogP contribution is 2.32. The van der Waals surface area contributed by atoms with Gasteiger partial charge in [-0.05, 0) is 74.1 Å². The normalized spacial score (nSPS) is 12.6. The van der Waals surface area contributed by atoms with Gasteiger partial charge in [-0.25, -0.2) is 0 Å². The second-order valence-corrected chi connectivity index (χ2v) is 12.4. The molecule has 38 heavy (non-hydrogen) atoms. The molecule has 2 rings (SSSR count). The second-order valence-electron chi connectivity index (χ2n) is 12.4. The highest BCUT2D eigenvalue weighted by Gasteiger charge is 2.32. The number of ether oxygens (including phenoxy) is 1. The lowest BCUT2D eigenvalue weighted by Gasteiger charge is -2.27. The fraction of sp³-hybridized carbons (Fsp3) is 0.600. The average molecular weight is 529 g/mol. The molecule has 0 aliphatic carbocycles. The molecule has 0 saturated carbocycles. The van der Waals surface area contributed by atoms with Crippen LogP contribution in [0.1, 0.15) is 110 Å². The number of hydrogen-bond acceptors (Lipinski definition) is 7. The van der Waals surface area contributed by atoms with Gasteiger partial charge in [-0.3, -0.25) is 19.6 Å². The Hall–Kier alpha value is -3.16. The van der Waals surface area contributed by atoms with Crippen LogP contribution in [0.4, 0.5) is 11.4 Å². The summed E-state index contributed by atoms with van der Waals surface area (Å²) in [5.41, 5.74) is 16.4. The van der Waals surface area contributed by atoms with E-state index in [1.807, 2.05) is 67.5 Å². The van der Waals surface area contributed by atoms with Crippen molar-refractivity contribution in [2.45, 2.75) is 106 Å². The number of carboxylic acids is 1. The van der Waals surface area contributed by atoms with Gasteiger partial charge in [-0.15, -0.1) is 0 Å². The molecule has 0 aromatic carbocycles. The van der Waals surface area contributed by atoms with E-state index in [9.17, 15) is 14.7 Å². The van der Waals surface area contributed by atoms with Gasteiger partial charge in [0.2, 0.25) is 0 Å². The highest BCUT2D eigenvalue weighted by atomic mass is 16.6. The number of aryl methyl sites for hydroxylation is 1. The Labute approximate surface area is 228 Å². The Bertz CT molecular complexity index is 1080. The van der Waals surface area contributed by atoms with Crippen molar-refractivity contribution in [3.05, 3.63) is 47.0 Å². The lowest BCUT2D eigenvalue weighted by molar-refractivity contribution is -0.154. The Balaban J connectivity index is 0.000000380. The number of carbonyl (C=O) groups excluding carboxylic acids is 1. The molecular formula is C30H48N4O4. The van der Waals surface area contributed by atoms with Crippen molar-refractivity contribution in [2.24, 2.45) is 11.3 Å². The van der Waals surface area contributed by atoms with Crippen molar-refractivity contribution in [1.82, 2.24) is 9.97 Å². The molecular weight excluding hydrogens is 480 g/mol. The maximum absolute atomic E-state index is 11.7. The average Bonchev–Trinajstić information content (AvgIpc) is 2.75. The largest absolute Gasteiger partial charge is 0.481 e. The lowest BCUT2D eigenvalue weighted by atomic mass is 9.77. The number of aliphatic carboxylic acids is 1. The number of nitrogens with zero attached hydrogens (tertiary/aromatic N) is 2. The smallest absolute Gasteiger partial charge is 0.307 e. The van der Waals surface area contributed by atoms with Gasteiger partial charge >= 0.3 is 11.9 Å². The van der Waals surface area contributed by atoms with Crippen LogP contribution in [-0.2, 0) is 27.2 Å². The zero-order valence-corrected chi connectivity index (χ0v) is 24.9. The molecule has 0 aliphatic heterocycles. The molecule has 0 spiro atoms. The molecule has 0 radical (unpaired) electrons. The monoisotopic (exact) mass is 528 g/mol. The number of anilines is 2. The molecule has 0 fully saturated rings. The van der Waals surface area contributed by atoms with Gasteiger partial charge in [-0.1, -0.05) is 48.5 Å². The molecule has 2 heterocycles. The predicted octanol–water partition coefficient (Wildman–Crippen LogP) is 6.14. The molecule has 5 N–H and O–H groups in total. The standard InChI is InChI=1S/2C15H24N2O2/c1-10(2)14-13(16)11(8-9-17-14)6-7-12(18)19-15(3,4)5;1-9(2)13-12(16)10(6-7-17-13)8-11(14(18)19)15(3,4)5/h8-10H,6-7,16H2,1-5H3;6-7,9,11H,8,16H2,1-5H3,(H,18,19). The fourth-order valence-corrected chi connectivity index (χ4v) is 3.99. The zero-order valence-electron chi connectivity index (χ0n) is 24.9. The molecule has 0 aliphatic rings. The van der Waals surface area contributed by atoms with Gasteiger partial charge in [0.25, 0.3) is 0 Å². The van der Waals surface area contributed by atoms with Crippen molar-refractivity contribution >= 4 is 23.3 Å². The van der Waals surface area contributed by atoms with Crippen LogP contribution in [0.2, 0.25) is 0 Å². The first-order valence-corrected chi connectivity index (χ1v) is 13.3. The van der Waals surface area contributed by atoms with Gasteiger partial charge < -0.3 is 21.3 Å². The lowest BCUT2D eigenvalue weighted by Crippen LogP contribution is -2.30. The molecule has 1 atom stereocenters. The molecule has 2 aromatic heterocycles. The van der Waals surface area contributed by atoms with Gasteiger partial charge in [-0.2, -0.15) is 0 Å². The number of pyridine rings is 2. The number of aromatic nitrogens is 2. The SMILES string of the molecule is CC(C)c1nccc(CC(C(=O)O)C(C)(C)C)c1N.CC(C)c1nccc(CCC(=O)OC(C)(C)C)c1N. The Kier molecular flexibility index (Phi) is 11.7. The maximum Gasteiger partial charge on any atom is 0.307 e. The van der Waals surface area contributed by atoms with Gasteiger partial charge in [0.1, 0.15) is 5.60 Å².